The summed E-state index contributed by atoms with van der Waals surface area (Å²) < 4.78 is 38.6. The quantitative estimate of drug-likeness (QED) is 0.663. The standard InChI is InChI=1S/C11H13F3N2O2S/c1-7(6-19-2)15-10-4-3-8(16(17)18)5-9(10)11(12,13)14/h3-5,7,15H,6H2,1-2H3. The Balaban J connectivity index is 3.13. The van der Waals surface area contributed by atoms with Crippen LogP contribution in [-0.4, -0.2) is 23.0 Å². The number of benzene rings is 1. The summed E-state index contributed by atoms with van der Waals surface area (Å²) in [7, 11) is 0. The fraction of sp³-hybridized carbons (Fsp3) is 0.455. The number of nitrogens with one attached hydrogen (secondary N) is 1. The Labute approximate surface area is 112 Å². The van der Waals surface area contributed by atoms with Crippen LogP contribution in [0.5, 0.6) is 0 Å². The number of thioether (sulfide) groups is 1. The van der Waals surface area contributed by atoms with Crippen molar-refractivity contribution in [2.75, 3.05) is 17.3 Å². The van der Waals surface area contributed by atoms with E-state index < -0.39 is 22.4 Å². The monoisotopic (exact) mass is 294 g/mol. The number of alkyl halides is 3. The summed E-state index contributed by atoms with van der Waals surface area (Å²) in [5.41, 5.74) is -1.73. The van der Waals surface area contributed by atoms with Crippen LogP contribution in [0.3, 0.4) is 0 Å². The van der Waals surface area contributed by atoms with Gasteiger partial charge < -0.3 is 5.32 Å². The molecule has 0 bridgehead atoms. The second-order valence-electron chi connectivity index (χ2n) is 3.99. The third kappa shape index (κ3) is 4.30. The lowest BCUT2D eigenvalue weighted by Crippen LogP contribution is -2.20. The molecule has 0 spiro atoms. The lowest BCUT2D eigenvalue weighted by Gasteiger charge is -2.18. The van der Waals surface area contributed by atoms with Crippen LogP contribution >= 0.6 is 11.8 Å². The molecule has 0 amide bonds. The lowest BCUT2D eigenvalue weighted by molar-refractivity contribution is -0.385. The minimum Gasteiger partial charge on any atom is -0.381 e. The van der Waals surface area contributed by atoms with Crippen molar-refractivity contribution in [3.63, 3.8) is 0 Å². The molecule has 4 nitrogen and oxygen atoms in total. The summed E-state index contributed by atoms with van der Waals surface area (Å²) in [4.78, 5) is 9.69. The van der Waals surface area contributed by atoms with E-state index in [0.717, 1.165) is 12.1 Å². The molecule has 0 aromatic heterocycles. The summed E-state index contributed by atoms with van der Waals surface area (Å²) in [6, 6.07) is 2.53. The number of nitro groups is 1. The second kappa shape index (κ2) is 6.14. The summed E-state index contributed by atoms with van der Waals surface area (Å²) in [5.74, 6) is 0.633. The molecule has 1 N–H and O–H groups in total. The predicted molar refractivity (Wildman–Crippen MR) is 69.6 cm³/mol. The van der Waals surface area contributed by atoms with E-state index >= 15 is 0 Å². The van der Waals surface area contributed by atoms with Gasteiger partial charge in [-0.05, 0) is 19.2 Å². The highest BCUT2D eigenvalue weighted by Crippen LogP contribution is 2.37. The number of nitro benzene ring substituents is 1. The molecule has 0 aliphatic carbocycles. The molecule has 0 aliphatic heterocycles. The summed E-state index contributed by atoms with van der Waals surface area (Å²) in [5, 5.41) is 13.3. The van der Waals surface area contributed by atoms with E-state index in [1.807, 2.05) is 6.26 Å². The van der Waals surface area contributed by atoms with Crippen LogP contribution in [0.1, 0.15) is 12.5 Å². The average Bonchev–Trinajstić information content (AvgIpc) is 2.27. The Morgan fingerprint density at radius 1 is 1.47 bits per heavy atom. The van der Waals surface area contributed by atoms with Crippen LogP contribution in [-0.2, 0) is 6.18 Å². The highest BCUT2D eigenvalue weighted by Gasteiger charge is 2.35. The van der Waals surface area contributed by atoms with Gasteiger partial charge in [0.05, 0.1) is 10.5 Å². The number of nitrogens with zero attached hydrogens (tertiary/aromatic N) is 1. The van der Waals surface area contributed by atoms with E-state index in [1.54, 1.807) is 6.92 Å². The van der Waals surface area contributed by atoms with Gasteiger partial charge in [0.15, 0.2) is 0 Å². The largest absolute Gasteiger partial charge is 0.418 e. The van der Waals surface area contributed by atoms with Gasteiger partial charge >= 0.3 is 6.18 Å². The minimum absolute atomic E-state index is 0.139. The predicted octanol–water partition coefficient (Wildman–Crippen LogP) is 3.78. The molecule has 0 fully saturated rings. The van der Waals surface area contributed by atoms with Crippen LogP contribution in [0.15, 0.2) is 18.2 Å². The molecule has 0 saturated heterocycles. The van der Waals surface area contributed by atoms with E-state index in [0.29, 0.717) is 11.8 Å². The number of non-ortho nitro benzene ring substituents is 1. The van der Waals surface area contributed by atoms with Gasteiger partial charge in [-0.2, -0.15) is 24.9 Å². The number of hydrogen-bond donors (Lipinski definition) is 1. The fourth-order valence-corrected chi connectivity index (χ4v) is 2.15. The van der Waals surface area contributed by atoms with Crippen molar-refractivity contribution in [3.8, 4) is 0 Å². The topological polar surface area (TPSA) is 55.2 Å². The maximum atomic E-state index is 12.9. The Kier molecular flexibility index (Phi) is 5.04. The van der Waals surface area contributed by atoms with E-state index in [1.165, 1.54) is 11.8 Å². The van der Waals surface area contributed by atoms with E-state index in [2.05, 4.69) is 5.32 Å². The third-order valence-electron chi connectivity index (χ3n) is 2.34. The molecular weight excluding hydrogens is 281 g/mol. The zero-order valence-corrected chi connectivity index (χ0v) is 11.1. The molecule has 0 heterocycles. The van der Waals surface area contributed by atoms with Crippen molar-refractivity contribution >= 4 is 23.1 Å². The molecule has 0 aliphatic rings. The van der Waals surface area contributed by atoms with Crippen LogP contribution in [0.25, 0.3) is 0 Å². The molecule has 19 heavy (non-hydrogen) atoms. The van der Waals surface area contributed by atoms with Crippen LogP contribution in [0, 0.1) is 10.1 Å². The first-order valence-electron chi connectivity index (χ1n) is 5.36. The Morgan fingerprint density at radius 2 is 2.11 bits per heavy atom. The van der Waals surface area contributed by atoms with Crippen molar-refractivity contribution in [1.82, 2.24) is 0 Å². The first kappa shape index (κ1) is 15.6. The lowest BCUT2D eigenvalue weighted by atomic mass is 10.1. The van der Waals surface area contributed by atoms with E-state index in [-0.39, 0.29) is 11.7 Å². The van der Waals surface area contributed by atoms with Crippen LogP contribution < -0.4 is 5.32 Å². The number of hydrogen-bond acceptors (Lipinski definition) is 4. The first-order valence-corrected chi connectivity index (χ1v) is 6.76. The molecule has 1 aromatic rings. The van der Waals surface area contributed by atoms with Crippen molar-refractivity contribution < 1.29 is 18.1 Å². The van der Waals surface area contributed by atoms with Gasteiger partial charge in [-0.15, -0.1) is 0 Å². The van der Waals surface area contributed by atoms with Gasteiger partial charge in [0.25, 0.3) is 5.69 Å². The maximum Gasteiger partial charge on any atom is 0.418 e. The van der Waals surface area contributed by atoms with E-state index in [9.17, 15) is 23.3 Å². The molecule has 1 aromatic carbocycles. The second-order valence-corrected chi connectivity index (χ2v) is 4.90. The molecule has 0 radical (unpaired) electrons. The van der Waals surface area contributed by atoms with Crippen molar-refractivity contribution in [2.45, 2.75) is 19.1 Å². The third-order valence-corrected chi connectivity index (χ3v) is 3.17. The zero-order chi connectivity index (χ0) is 14.6. The molecule has 1 unspecified atom stereocenters. The summed E-state index contributed by atoms with van der Waals surface area (Å²) in [6.45, 7) is 1.75. The first-order chi connectivity index (χ1) is 8.75. The highest BCUT2D eigenvalue weighted by molar-refractivity contribution is 7.98. The Hall–Kier alpha value is -1.44. The van der Waals surface area contributed by atoms with Crippen molar-refractivity contribution in [3.05, 3.63) is 33.9 Å². The molecule has 106 valence electrons. The molecule has 1 atom stereocenters. The van der Waals surface area contributed by atoms with Gasteiger partial charge in [0.2, 0.25) is 0 Å². The van der Waals surface area contributed by atoms with Crippen molar-refractivity contribution in [1.29, 1.82) is 0 Å². The van der Waals surface area contributed by atoms with Gasteiger partial charge in [-0.3, -0.25) is 10.1 Å². The van der Waals surface area contributed by atoms with Gasteiger partial charge in [-0.25, -0.2) is 0 Å². The fourth-order valence-electron chi connectivity index (χ4n) is 1.56. The number of rotatable bonds is 5. The molecule has 1 rings (SSSR count). The minimum atomic E-state index is -4.63. The SMILES string of the molecule is CSCC(C)Nc1ccc([N+](=O)[O-])cc1C(F)(F)F. The maximum absolute atomic E-state index is 12.9. The number of anilines is 1. The molecule has 0 saturated carbocycles. The molecule has 8 heteroatoms. The Bertz CT molecular complexity index is 466. The van der Waals surface area contributed by atoms with Crippen LogP contribution in [0.2, 0.25) is 0 Å². The normalized spacial score (nSPS) is 13.1. The number of halogens is 3. The molecular formula is C11H13F3N2O2S. The summed E-state index contributed by atoms with van der Waals surface area (Å²) in [6.07, 6.45) is -2.79. The smallest absolute Gasteiger partial charge is 0.381 e. The average molecular weight is 294 g/mol. The zero-order valence-electron chi connectivity index (χ0n) is 10.3. The van der Waals surface area contributed by atoms with Gasteiger partial charge in [-0.1, -0.05) is 0 Å². The van der Waals surface area contributed by atoms with E-state index in [4.69, 9.17) is 0 Å². The van der Waals surface area contributed by atoms with Crippen LogP contribution in [0.4, 0.5) is 24.5 Å². The summed E-state index contributed by atoms with van der Waals surface area (Å²) >= 11 is 1.50. The Morgan fingerprint density at radius 3 is 2.58 bits per heavy atom. The van der Waals surface area contributed by atoms with Crippen molar-refractivity contribution in [2.24, 2.45) is 0 Å². The van der Waals surface area contributed by atoms with Gasteiger partial charge in [0, 0.05) is 29.6 Å². The van der Waals surface area contributed by atoms with Gasteiger partial charge in [0.1, 0.15) is 0 Å². The highest BCUT2D eigenvalue weighted by atomic mass is 32.2.